The lowest BCUT2D eigenvalue weighted by Gasteiger charge is -2.17. The van der Waals surface area contributed by atoms with Crippen LogP contribution in [-0.2, 0) is 0 Å². The number of halogens is 2. The van der Waals surface area contributed by atoms with Gasteiger partial charge in [0.2, 0.25) is 0 Å². The lowest BCUT2D eigenvalue weighted by Crippen LogP contribution is -2.11. The molecule has 1 atom stereocenters. The van der Waals surface area contributed by atoms with Crippen molar-refractivity contribution in [2.75, 3.05) is 7.11 Å². The van der Waals surface area contributed by atoms with Crippen molar-refractivity contribution >= 4 is 23.5 Å². The fourth-order valence-corrected chi connectivity index (χ4v) is 2.18. The van der Waals surface area contributed by atoms with Crippen molar-refractivity contribution in [2.24, 2.45) is 4.99 Å². The highest BCUT2D eigenvalue weighted by Crippen LogP contribution is 2.37. The quantitative estimate of drug-likeness (QED) is 0.660. The normalized spacial score (nSPS) is 12.4. The fraction of sp³-hybridized carbons (Fsp3) is 0.278. The molecular weight excluding hydrogens is 317 g/mol. The van der Waals surface area contributed by atoms with Gasteiger partial charge in [-0.25, -0.2) is 4.39 Å². The summed E-state index contributed by atoms with van der Waals surface area (Å²) in [6.45, 7) is 4.00. The second kappa shape index (κ2) is 7.97. The number of hydrogen-bond acceptors (Lipinski definition) is 3. The molecule has 23 heavy (non-hydrogen) atoms. The van der Waals surface area contributed by atoms with E-state index in [4.69, 9.17) is 21.1 Å². The molecule has 3 nitrogen and oxygen atoms in total. The molecule has 122 valence electrons. The number of hydrogen-bond donors (Lipinski definition) is 0. The van der Waals surface area contributed by atoms with Crippen LogP contribution in [-0.4, -0.2) is 19.4 Å². The van der Waals surface area contributed by atoms with Gasteiger partial charge in [0.05, 0.1) is 23.9 Å². The Morgan fingerprint density at radius 1 is 1.30 bits per heavy atom. The Kier molecular flexibility index (Phi) is 5.99. The Hall–Kier alpha value is -2.07. The molecule has 0 aliphatic heterocycles. The first kappa shape index (κ1) is 17.3. The van der Waals surface area contributed by atoms with Gasteiger partial charge >= 0.3 is 0 Å². The minimum Gasteiger partial charge on any atom is -0.493 e. The van der Waals surface area contributed by atoms with Gasteiger partial charge in [-0.2, -0.15) is 0 Å². The van der Waals surface area contributed by atoms with Gasteiger partial charge in [-0.3, -0.25) is 4.99 Å². The van der Waals surface area contributed by atoms with Crippen LogP contribution in [0.4, 0.5) is 10.1 Å². The van der Waals surface area contributed by atoms with Crippen molar-refractivity contribution in [3.05, 3.63) is 52.8 Å². The van der Waals surface area contributed by atoms with Crippen LogP contribution in [0.1, 0.15) is 25.8 Å². The number of rotatable bonds is 6. The Labute approximate surface area is 140 Å². The molecule has 2 aromatic carbocycles. The van der Waals surface area contributed by atoms with E-state index in [0.717, 1.165) is 12.0 Å². The van der Waals surface area contributed by atoms with E-state index in [1.165, 1.54) is 12.1 Å². The third kappa shape index (κ3) is 4.70. The minimum atomic E-state index is -0.326. The molecule has 0 aliphatic carbocycles. The van der Waals surface area contributed by atoms with Gasteiger partial charge in [0.25, 0.3) is 0 Å². The molecule has 5 heteroatoms. The van der Waals surface area contributed by atoms with Crippen LogP contribution in [0.15, 0.2) is 41.4 Å². The molecule has 0 heterocycles. The number of benzene rings is 2. The van der Waals surface area contributed by atoms with Crippen LogP contribution in [0.25, 0.3) is 0 Å². The topological polar surface area (TPSA) is 30.8 Å². The summed E-state index contributed by atoms with van der Waals surface area (Å²) in [4.78, 5) is 4.24. The number of nitrogens with zero attached hydrogens (tertiary/aromatic N) is 1. The van der Waals surface area contributed by atoms with Crippen LogP contribution < -0.4 is 9.47 Å². The number of ether oxygens (including phenoxy) is 2. The van der Waals surface area contributed by atoms with E-state index in [2.05, 4.69) is 4.99 Å². The summed E-state index contributed by atoms with van der Waals surface area (Å²) in [5.74, 6) is 0.734. The molecule has 2 aromatic rings. The van der Waals surface area contributed by atoms with E-state index in [9.17, 15) is 4.39 Å². The summed E-state index contributed by atoms with van der Waals surface area (Å²) >= 11 is 6.29. The maximum Gasteiger partial charge on any atom is 0.180 e. The fourth-order valence-electron chi connectivity index (χ4n) is 1.92. The van der Waals surface area contributed by atoms with Crippen molar-refractivity contribution < 1.29 is 13.9 Å². The minimum absolute atomic E-state index is 0.0354. The maximum absolute atomic E-state index is 13.2. The zero-order chi connectivity index (χ0) is 16.8. The molecule has 0 saturated carbocycles. The molecule has 0 amide bonds. The van der Waals surface area contributed by atoms with Crippen molar-refractivity contribution in [3.8, 4) is 11.5 Å². The molecule has 0 unspecified atom stereocenters. The first-order valence-corrected chi connectivity index (χ1v) is 7.75. The molecule has 0 bridgehead atoms. The van der Waals surface area contributed by atoms with E-state index >= 15 is 0 Å². The van der Waals surface area contributed by atoms with Crippen LogP contribution in [0.5, 0.6) is 11.5 Å². The van der Waals surface area contributed by atoms with Gasteiger partial charge in [0, 0.05) is 6.21 Å². The molecule has 0 fully saturated rings. The SMILES string of the molecule is CC[C@@H](C)Oc1c(Cl)cc(C=Nc2cccc(F)c2)cc1OC. The van der Waals surface area contributed by atoms with Gasteiger partial charge < -0.3 is 9.47 Å². The lowest BCUT2D eigenvalue weighted by molar-refractivity contribution is 0.208. The highest BCUT2D eigenvalue weighted by Gasteiger charge is 2.13. The lowest BCUT2D eigenvalue weighted by atomic mass is 10.2. The largest absolute Gasteiger partial charge is 0.493 e. The van der Waals surface area contributed by atoms with Gasteiger partial charge in [-0.15, -0.1) is 0 Å². The Morgan fingerprint density at radius 2 is 2.09 bits per heavy atom. The van der Waals surface area contributed by atoms with Crippen molar-refractivity contribution in [3.63, 3.8) is 0 Å². The predicted molar refractivity (Wildman–Crippen MR) is 92.0 cm³/mol. The molecule has 2 rings (SSSR count). The maximum atomic E-state index is 13.2. The Balaban J connectivity index is 2.28. The highest BCUT2D eigenvalue weighted by molar-refractivity contribution is 6.32. The van der Waals surface area contributed by atoms with Crippen molar-refractivity contribution in [2.45, 2.75) is 26.4 Å². The first-order chi connectivity index (χ1) is 11.0. The zero-order valence-corrected chi connectivity index (χ0v) is 14.1. The Morgan fingerprint density at radius 3 is 2.74 bits per heavy atom. The molecule has 0 aromatic heterocycles. The molecule has 0 spiro atoms. The van der Waals surface area contributed by atoms with E-state index in [0.29, 0.717) is 22.2 Å². The van der Waals surface area contributed by atoms with Crippen molar-refractivity contribution in [1.82, 2.24) is 0 Å². The Bertz CT molecular complexity index is 703. The van der Waals surface area contributed by atoms with E-state index in [-0.39, 0.29) is 11.9 Å². The zero-order valence-electron chi connectivity index (χ0n) is 13.3. The number of methoxy groups -OCH3 is 1. The summed E-state index contributed by atoms with van der Waals surface area (Å²) < 4.78 is 24.3. The summed E-state index contributed by atoms with van der Waals surface area (Å²) in [7, 11) is 1.56. The third-order valence-corrected chi connectivity index (χ3v) is 3.60. The van der Waals surface area contributed by atoms with Crippen LogP contribution in [0, 0.1) is 5.82 Å². The van der Waals surface area contributed by atoms with Gasteiger partial charge in [0.15, 0.2) is 11.5 Å². The second-order valence-corrected chi connectivity index (χ2v) is 5.52. The second-order valence-electron chi connectivity index (χ2n) is 5.11. The van der Waals surface area contributed by atoms with Crippen LogP contribution >= 0.6 is 11.6 Å². The summed E-state index contributed by atoms with van der Waals surface area (Å²) in [5, 5.41) is 0.449. The van der Waals surface area contributed by atoms with Crippen LogP contribution in [0.3, 0.4) is 0 Å². The number of aliphatic imine (C=N–C) groups is 1. The monoisotopic (exact) mass is 335 g/mol. The molecule has 0 radical (unpaired) electrons. The highest BCUT2D eigenvalue weighted by atomic mass is 35.5. The summed E-state index contributed by atoms with van der Waals surface area (Å²) in [6.07, 6.45) is 2.51. The summed E-state index contributed by atoms with van der Waals surface area (Å²) in [6, 6.07) is 9.59. The van der Waals surface area contributed by atoms with E-state index < -0.39 is 0 Å². The smallest absolute Gasteiger partial charge is 0.180 e. The first-order valence-electron chi connectivity index (χ1n) is 7.37. The van der Waals surface area contributed by atoms with Gasteiger partial charge in [-0.05, 0) is 49.2 Å². The molecular formula is C18H19ClFNO2. The molecule has 0 saturated heterocycles. The molecule has 0 aliphatic rings. The van der Waals surface area contributed by atoms with E-state index in [1.54, 1.807) is 37.6 Å². The van der Waals surface area contributed by atoms with Crippen LogP contribution in [0.2, 0.25) is 5.02 Å². The average molecular weight is 336 g/mol. The van der Waals surface area contributed by atoms with E-state index in [1.807, 2.05) is 13.8 Å². The average Bonchev–Trinajstić information content (AvgIpc) is 2.54. The van der Waals surface area contributed by atoms with Gasteiger partial charge in [0.1, 0.15) is 5.82 Å². The summed E-state index contributed by atoms with van der Waals surface area (Å²) in [5.41, 5.74) is 1.27. The van der Waals surface area contributed by atoms with Crippen molar-refractivity contribution in [1.29, 1.82) is 0 Å². The standard InChI is InChI=1S/C18H19ClFNO2/c1-4-12(2)23-18-16(19)8-13(9-17(18)22-3)11-21-15-7-5-6-14(20)10-15/h5-12H,4H2,1-3H3/t12-/m1/s1. The van der Waals surface area contributed by atoms with Gasteiger partial charge in [-0.1, -0.05) is 24.6 Å². The predicted octanol–water partition coefficient (Wildman–Crippen LogP) is 5.42. The third-order valence-electron chi connectivity index (χ3n) is 3.32. The molecule has 0 N–H and O–H groups in total.